The average molecular weight is 468 g/mol. The molecule has 9 N–H and O–H groups in total. The molecular formula is C24H41N3O6. The zero-order valence-corrected chi connectivity index (χ0v) is 19.5. The minimum atomic E-state index is -0.909. The van der Waals surface area contributed by atoms with Crippen molar-refractivity contribution in [3.8, 4) is 0 Å². The first kappa shape index (κ1) is 30.5. The zero-order chi connectivity index (χ0) is 25.1. The maximum atomic E-state index is 10.5. The molecule has 1 aromatic rings. The van der Waals surface area contributed by atoms with E-state index in [1.54, 1.807) is 24.3 Å². The van der Waals surface area contributed by atoms with Crippen LogP contribution in [0.4, 0.5) is 0 Å². The van der Waals surface area contributed by atoms with E-state index in [4.69, 9.17) is 32.5 Å². The lowest BCUT2D eigenvalue weighted by atomic mass is 9.82. The number of carboxylic acids is 3. The van der Waals surface area contributed by atoms with E-state index in [-0.39, 0.29) is 5.92 Å². The van der Waals surface area contributed by atoms with Gasteiger partial charge in [0.2, 0.25) is 0 Å². The summed E-state index contributed by atoms with van der Waals surface area (Å²) in [6.07, 6.45) is 9.07. The van der Waals surface area contributed by atoms with Gasteiger partial charge in [-0.15, -0.1) is 0 Å². The van der Waals surface area contributed by atoms with Crippen molar-refractivity contribution in [2.45, 2.75) is 70.8 Å². The number of benzene rings is 1. The predicted octanol–water partition coefficient (Wildman–Crippen LogP) is 3.05. The Balaban J connectivity index is 0.000000465. The molecule has 188 valence electrons. The normalized spacial score (nSPS) is 17.1. The molecule has 2 rings (SSSR count). The van der Waals surface area contributed by atoms with Crippen molar-refractivity contribution >= 4 is 17.9 Å². The fraction of sp³-hybridized carbons (Fsp3) is 0.625. The van der Waals surface area contributed by atoms with E-state index in [0.29, 0.717) is 31.0 Å². The molecule has 0 spiro atoms. The van der Waals surface area contributed by atoms with Crippen LogP contribution in [0.3, 0.4) is 0 Å². The van der Waals surface area contributed by atoms with Gasteiger partial charge in [0.05, 0.1) is 11.5 Å². The third kappa shape index (κ3) is 15.9. The van der Waals surface area contributed by atoms with Gasteiger partial charge in [-0.1, -0.05) is 31.4 Å². The average Bonchev–Trinajstić information content (AvgIpc) is 2.82. The molecule has 0 radical (unpaired) electrons. The lowest BCUT2D eigenvalue weighted by Gasteiger charge is -2.24. The molecule has 1 aliphatic rings. The van der Waals surface area contributed by atoms with Crippen LogP contribution in [0.5, 0.6) is 0 Å². The first-order valence-electron chi connectivity index (χ1n) is 11.6. The van der Waals surface area contributed by atoms with Crippen molar-refractivity contribution in [2.24, 2.45) is 29.0 Å². The topological polar surface area (TPSA) is 190 Å². The molecule has 1 saturated carbocycles. The highest BCUT2D eigenvalue weighted by atomic mass is 16.4. The van der Waals surface area contributed by atoms with Gasteiger partial charge in [-0.3, -0.25) is 9.59 Å². The number of aliphatic carboxylic acids is 2. The smallest absolute Gasteiger partial charge is 0.335 e. The van der Waals surface area contributed by atoms with Gasteiger partial charge < -0.3 is 32.5 Å². The summed E-state index contributed by atoms with van der Waals surface area (Å²) < 4.78 is 0. The predicted molar refractivity (Wildman–Crippen MR) is 128 cm³/mol. The van der Waals surface area contributed by atoms with Crippen LogP contribution in [0.25, 0.3) is 0 Å². The molecule has 1 fully saturated rings. The first-order valence-corrected chi connectivity index (χ1v) is 11.6. The van der Waals surface area contributed by atoms with E-state index < -0.39 is 17.9 Å². The fourth-order valence-corrected chi connectivity index (χ4v) is 3.38. The maximum absolute atomic E-state index is 10.5. The Hall–Kier alpha value is -2.49. The van der Waals surface area contributed by atoms with Crippen LogP contribution in [-0.2, 0) is 16.1 Å². The van der Waals surface area contributed by atoms with Gasteiger partial charge in [-0.25, -0.2) is 4.79 Å². The first-order chi connectivity index (χ1) is 15.7. The van der Waals surface area contributed by atoms with E-state index in [0.717, 1.165) is 69.9 Å². The number of rotatable bonds is 11. The van der Waals surface area contributed by atoms with Gasteiger partial charge in [0.25, 0.3) is 0 Å². The summed E-state index contributed by atoms with van der Waals surface area (Å²) in [7, 11) is 0. The molecule has 0 heterocycles. The molecule has 9 nitrogen and oxygen atoms in total. The molecule has 0 unspecified atom stereocenters. The van der Waals surface area contributed by atoms with Crippen molar-refractivity contribution in [1.82, 2.24) is 0 Å². The van der Waals surface area contributed by atoms with Crippen LogP contribution in [0, 0.1) is 11.8 Å². The Labute approximate surface area is 196 Å². The number of hydrogen-bond acceptors (Lipinski definition) is 6. The molecule has 0 saturated heterocycles. The van der Waals surface area contributed by atoms with E-state index in [1.165, 1.54) is 0 Å². The SMILES string of the molecule is NCCCCCCCC(=O)O.NC[C@H]1CC[C@H](C(=O)O)CC1.NCc1ccc(C(=O)O)cc1. The third-order valence-electron chi connectivity index (χ3n) is 5.56. The third-order valence-corrected chi connectivity index (χ3v) is 5.56. The summed E-state index contributed by atoms with van der Waals surface area (Å²) in [4.78, 5) is 31.0. The van der Waals surface area contributed by atoms with Crippen LogP contribution in [0.15, 0.2) is 24.3 Å². The number of carboxylic acid groups (broad SMARTS) is 3. The molecule has 9 heteroatoms. The molecule has 0 aromatic heterocycles. The zero-order valence-electron chi connectivity index (χ0n) is 19.5. The van der Waals surface area contributed by atoms with Crippen molar-refractivity contribution in [3.05, 3.63) is 35.4 Å². The second-order valence-corrected chi connectivity index (χ2v) is 8.20. The van der Waals surface area contributed by atoms with Crippen molar-refractivity contribution in [3.63, 3.8) is 0 Å². The number of aromatic carboxylic acids is 1. The maximum Gasteiger partial charge on any atom is 0.335 e. The minimum Gasteiger partial charge on any atom is -0.481 e. The van der Waals surface area contributed by atoms with Crippen molar-refractivity contribution in [1.29, 1.82) is 0 Å². The Kier molecular flexibility index (Phi) is 17.6. The second kappa shape index (κ2) is 19.0. The summed E-state index contributed by atoms with van der Waals surface area (Å²) in [6.45, 7) is 1.91. The van der Waals surface area contributed by atoms with E-state index in [9.17, 15) is 14.4 Å². The Morgan fingerprint density at radius 2 is 1.33 bits per heavy atom. The summed E-state index contributed by atoms with van der Waals surface area (Å²) in [6, 6.07) is 6.52. The van der Waals surface area contributed by atoms with Crippen LogP contribution in [0.1, 0.15) is 80.1 Å². The van der Waals surface area contributed by atoms with Crippen LogP contribution < -0.4 is 17.2 Å². The van der Waals surface area contributed by atoms with Crippen LogP contribution in [0.2, 0.25) is 0 Å². The monoisotopic (exact) mass is 467 g/mol. The summed E-state index contributed by atoms with van der Waals surface area (Å²) >= 11 is 0. The number of carbonyl (C=O) groups is 3. The lowest BCUT2D eigenvalue weighted by molar-refractivity contribution is -0.143. The Morgan fingerprint density at radius 3 is 1.76 bits per heavy atom. The lowest BCUT2D eigenvalue weighted by Crippen LogP contribution is -2.25. The van der Waals surface area contributed by atoms with Crippen LogP contribution >= 0.6 is 0 Å². The van der Waals surface area contributed by atoms with Gasteiger partial charge in [0.1, 0.15) is 0 Å². The highest BCUT2D eigenvalue weighted by molar-refractivity contribution is 5.87. The van der Waals surface area contributed by atoms with Crippen LogP contribution in [-0.4, -0.2) is 46.3 Å². The highest BCUT2D eigenvalue weighted by Crippen LogP contribution is 2.27. The molecule has 1 aliphatic carbocycles. The molecule has 0 amide bonds. The van der Waals surface area contributed by atoms with E-state index in [2.05, 4.69) is 0 Å². The van der Waals surface area contributed by atoms with E-state index >= 15 is 0 Å². The van der Waals surface area contributed by atoms with Crippen molar-refractivity contribution < 1.29 is 29.7 Å². The van der Waals surface area contributed by atoms with E-state index in [1.807, 2.05) is 0 Å². The summed E-state index contributed by atoms with van der Waals surface area (Å²) in [5, 5.41) is 25.5. The Bertz CT molecular complexity index is 673. The van der Waals surface area contributed by atoms with Gasteiger partial charge in [0, 0.05) is 13.0 Å². The molecule has 0 bridgehead atoms. The van der Waals surface area contributed by atoms with Crippen molar-refractivity contribution in [2.75, 3.05) is 13.1 Å². The molecule has 0 atom stereocenters. The highest BCUT2D eigenvalue weighted by Gasteiger charge is 2.24. The molecular weight excluding hydrogens is 426 g/mol. The largest absolute Gasteiger partial charge is 0.481 e. The van der Waals surface area contributed by atoms with Gasteiger partial charge in [0.15, 0.2) is 0 Å². The van der Waals surface area contributed by atoms with Gasteiger partial charge >= 0.3 is 17.9 Å². The molecule has 0 aliphatic heterocycles. The summed E-state index contributed by atoms with van der Waals surface area (Å²) in [5.74, 6) is -1.76. The molecule has 1 aromatic carbocycles. The number of nitrogens with two attached hydrogens (primary N) is 3. The van der Waals surface area contributed by atoms with Gasteiger partial charge in [-0.05, 0) is 75.2 Å². The summed E-state index contributed by atoms with van der Waals surface area (Å²) in [5.41, 5.74) is 17.3. The quantitative estimate of drug-likeness (QED) is 0.265. The fourth-order valence-electron chi connectivity index (χ4n) is 3.38. The second-order valence-electron chi connectivity index (χ2n) is 8.20. The molecule has 33 heavy (non-hydrogen) atoms. The minimum absolute atomic E-state index is 0.0993. The Morgan fingerprint density at radius 1 is 0.788 bits per heavy atom. The van der Waals surface area contributed by atoms with Gasteiger partial charge in [-0.2, -0.15) is 0 Å². The number of hydrogen-bond donors (Lipinski definition) is 6. The standard InChI is InChI=1S/C8H15NO2.C8H9NO2.C8H17NO2/c2*9-5-6-1-3-7(4-2-6)8(10)11;9-7-5-3-1-2-4-6-8(10)11/h6-7H,1-5,9H2,(H,10,11);1-4H,5,9H2,(H,10,11);1-7,9H2,(H,10,11)/t6-,7-;;. The number of unbranched alkanes of at least 4 members (excludes halogenated alkanes) is 4.